The fraction of sp³-hybridized carbons (Fsp3) is 0.316. The number of halogens is 2. The zero-order chi connectivity index (χ0) is 19.4. The number of amides is 1. The highest BCUT2D eigenvalue weighted by molar-refractivity contribution is 7.89. The van der Waals surface area contributed by atoms with Crippen LogP contribution in [0.4, 0.5) is 10.1 Å². The molecule has 0 radical (unpaired) electrons. The second-order valence-electron chi connectivity index (χ2n) is 6.50. The predicted molar refractivity (Wildman–Crippen MR) is 109 cm³/mol. The fourth-order valence-corrected chi connectivity index (χ4v) is 3.97. The monoisotopic (exact) mass is 427 g/mol. The minimum atomic E-state index is -3.68. The van der Waals surface area contributed by atoms with Gasteiger partial charge in [0.05, 0.1) is 10.6 Å². The number of aryl methyl sites for hydroxylation is 1. The molecule has 9 heteroatoms. The van der Waals surface area contributed by atoms with Crippen LogP contribution >= 0.6 is 12.4 Å². The molecule has 0 saturated heterocycles. The summed E-state index contributed by atoms with van der Waals surface area (Å²) in [4.78, 5) is 12.2. The molecule has 0 unspecified atom stereocenters. The lowest BCUT2D eigenvalue weighted by Gasteiger charge is -2.19. The number of nitrogens with one attached hydrogen (secondary N) is 3. The summed E-state index contributed by atoms with van der Waals surface area (Å²) in [6.45, 7) is 3.10. The number of hydrogen-bond donors (Lipinski definition) is 3. The highest BCUT2D eigenvalue weighted by Gasteiger charge is 2.18. The van der Waals surface area contributed by atoms with Gasteiger partial charge in [0.1, 0.15) is 5.82 Å². The van der Waals surface area contributed by atoms with Crippen molar-refractivity contribution in [3.05, 3.63) is 58.9 Å². The van der Waals surface area contributed by atoms with E-state index in [4.69, 9.17) is 0 Å². The van der Waals surface area contributed by atoms with Crippen LogP contribution in [0.15, 0.2) is 41.3 Å². The molecule has 6 nitrogen and oxygen atoms in total. The van der Waals surface area contributed by atoms with Crippen LogP contribution in [-0.2, 0) is 27.8 Å². The van der Waals surface area contributed by atoms with Gasteiger partial charge in [0.25, 0.3) is 0 Å². The molecule has 28 heavy (non-hydrogen) atoms. The van der Waals surface area contributed by atoms with Gasteiger partial charge >= 0.3 is 0 Å². The SMILES string of the molecule is Cc1ccc(S(=O)(=O)NCCC(=O)Nc2ccc3c(c2F)CCNC3)cc1.Cl. The quantitative estimate of drug-likeness (QED) is 0.661. The zero-order valence-corrected chi connectivity index (χ0v) is 17.1. The van der Waals surface area contributed by atoms with Gasteiger partial charge in [-0.2, -0.15) is 0 Å². The molecule has 3 N–H and O–H groups in total. The van der Waals surface area contributed by atoms with Crippen LogP contribution in [0.25, 0.3) is 0 Å². The number of hydrogen-bond acceptors (Lipinski definition) is 4. The largest absolute Gasteiger partial charge is 0.324 e. The van der Waals surface area contributed by atoms with E-state index in [1.54, 1.807) is 18.2 Å². The van der Waals surface area contributed by atoms with Crippen LogP contribution in [0.5, 0.6) is 0 Å². The van der Waals surface area contributed by atoms with E-state index < -0.39 is 21.7 Å². The van der Waals surface area contributed by atoms with E-state index in [9.17, 15) is 17.6 Å². The third kappa shape index (κ3) is 5.29. The Kier molecular flexibility index (Phi) is 7.54. The molecule has 0 bridgehead atoms. The Morgan fingerprint density at radius 1 is 1.18 bits per heavy atom. The molecule has 0 spiro atoms. The summed E-state index contributed by atoms with van der Waals surface area (Å²) < 4.78 is 41.3. The highest BCUT2D eigenvalue weighted by Crippen LogP contribution is 2.24. The van der Waals surface area contributed by atoms with E-state index >= 15 is 0 Å². The van der Waals surface area contributed by atoms with E-state index in [-0.39, 0.29) is 36.0 Å². The van der Waals surface area contributed by atoms with Gasteiger partial charge in [-0.1, -0.05) is 23.8 Å². The molecule has 0 aliphatic carbocycles. The molecule has 3 rings (SSSR count). The maximum absolute atomic E-state index is 14.5. The molecule has 1 aliphatic heterocycles. The normalized spacial score (nSPS) is 13.4. The third-order valence-corrected chi connectivity index (χ3v) is 5.93. The number of benzene rings is 2. The minimum Gasteiger partial charge on any atom is -0.324 e. The topological polar surface area (TPSA) is 87.3 Å². The van der Waals surface area contributed by atoms with Crippen molar-refractivity contribution < 1.29 is 17.6 Å². The Morgan fingerprint density at radius 3 is 2.61 bits per heavy atom. The summed E-state index contributed by atoms with van der Waals surface area (Å²) in [5.41, 5.74) is 2.59. The lowest BCUT2D eigenvalue weighted by molar-refractivity contribution is -0.116. The number of anilines is 1. The van der Waals surface area contributed by atoms with Gasteiger partial charge in [-0.05, 0) is 49.2 Å². The minimum absolute atomic E-state index is 0. The molecule has 1 aliphatic rings. The maximum atomic E-state index is 14.5. The van der Waals surface area contributed by atoms with Gasteiger partial charge in [0, 0.05) is 19.5 Å². The molecule has 2 aromatic rings. The van der Waals surface area contributed by atoms with E-state index in [1.807, 2.05) is 6.92 Å². The number of carbonyl (C=O) groups excluding carboxylic acids is 1. The zero-order valence-electron chi connectivity index (χ0n) is 15.4. The Morgan fingerprint density at radius 2 is 1.89 bits per heavy atom. The second kappa shape index (κ2) is 9.47. The molecule has 0 aromatic heterocycles. The van der Waals surface area contributed by atoms with E-state index in [0.29, 0.717) is 25.1 Å². The second-order valence-corrected chi connectivity index (χ2v) is 8.27. The Balaban J connectivity index is 0.00000280. The molecule has 2 aromatic carbocycles. The van der Waals surface area contributed by atoms with Gasteiger partial charge in [-0.25, -0.2) is 17.5 Å². The van der Waals surface area contributed by atoms with Crippen LogP contribution in [0.2, 0.25) is 0 Å². The fourth-order valence-electron chi connectivity index (χ4n) is 2.94. The summed E-state index contributed by atoms with van der Waals surface area (Å²) >= 11 is 0. The van der Waals surface area contributed by atoms with Gasteiger partial charge in [0.15, 0.2) is 0 Å². The molecule has 0 atom stereocenters. The molecule has 152 valence electrons. The summed E-state index contributed by atoms with van der Waals surface area (Å²) in [6, 6.07) is 9.76. The molecular formula is C19H23ClFN3O3S. The van der Waals surface area contributed by atoms with Gasteiger partial charge in [0.2, 0.25) is 15.9 Å². The maximum Gasteiger partial charge on any atom is 0.240 e. The summed E-state index contributed by atoms with van der Waals surface area (Å²) in [5.74, 6) is -0.864. The third-order valence-electron chi connectivity index (χ3n) is 4.46. The van der Waals surface area contributed by atoms with Crippen LogP contribution in [0.1, 0.15) is 23.1 Å². The first-order valence-electron chi connectivity index (χ1n) is 8.74. The van der Waals surface area contributed by atoms with Gasteiger partial charge in [-0.3, -0.25) is 4.79 Å². The standard InChI is InChI=1S/C19H22FN3O3S.ClH/c1-13-2-5-15(6-3-13)27(25,26)22-11-9-18(24)23-17-7-4-14-12-21-10-8-16(14)19(17)20;/h2-7,21-22H,8-12H2,1H3,(H,23,24);1H. The average molecular weight is 428 g/mol. The van der Waals surface area contributed by atoms with E-state index in [2.05, 4.69) is 15.4 Å². The van der Waals surface area contributed by atoms with Crippen molar-refractivity contribution >= 4 is 34.0 Å². The molecule has 1 heterocycles. The first-order chi connectivity index (χ1) is 12.9. The van der Waals surface area contributed by atoms with Gasteiger partial charge < -0.3 is 10.6 Å². The van der Waals surface area contributed by atoms with E-state index in [1.165, 1.54) is 18.2 Å². The lowest BCUT2D eigenvalue weighted by atomic mass is 9.99. The number of rotatable bonds is 6. The molecule has 1 amide bonds. The first kappa shape index (κ1) is 22.3. The molecule has 0 saturated carbocycles. The summed E-state index contributed by atoms with van der Waals surface area (Å²) in [5, 5.41) is 5.69. The number of carbonyl (C=O) groups is 1. The van der Waals surface area contributed by atoms with Crippen molar-refractivity contribution in [1.29, 1.82) is 0 Å². The van der Waals surface area contributed by atoms with Crippen molar-refractivity contribution in [2.24, 2.45) is 0 Å². The number of fused-ring (bicyclic) bond motifs is 1. The van der Waals surface area contributed by atoms with Crippen molar-refractivity contribution in [3.8, 4) is 0 Å². The Bertz CT molecular complexity index is 950. The average Bonchev–Trinajstić information content (AvgIpc) is 2.64. The van der Waals surface area contributed by atoms with Gasteiger partial charge in [-0.15, -0.1) is 12.4 Å². The van der Waals surface area contributed by atoms with Crippen molar-refractivity contribution in [2.45, 2.75) is 31.2 Å². The van der Waals surface area contributed by atoms with Crippen LogP contribution < -0.4 is 15.4 Å². The Hall–Kier alpha value is -2.00. The van der Waals surface area contributed by atoms with Crippen LogP contribution in [0, 0.1) is 12.7 Å². The lowest BCUT2D eigenvalue weighted by Crippen LogP contribution is -2.28. The van der Waals surface area contributed by atoms with E-state index in [0.717, 1.165) is 11.1 Å². The van der Waals surface area contributed by atoms with Crippen LogP contribution in [0.3, 0.4) is 0 Å². The smallest absolute Gasteiger partial charge is 0.240 e. The summed E-state index contributed by atoms with van der Waals surface area (Å²) in [6.07, 6.45) is 0.477. The first-order valence-corrected chi connectivity index (χ1v) is 10.2. The van der Waals surface area contributed by atoms with Crippen molar-refractivity contribution in [2.75, 3.05) is 18.4 Å². The summed E-state index contributed by atoms with van der Waals surface area (Å²) in [7, 11) is -3.68. The number of sulfonamides is 1. The Labute approximate surface area is 170 Å². The highest BCUT2D eigenvalue weighted by atomic mass is 35.5. The van der Waals surface area contributed by atoms with Crippen LogP contribution in [-0.4, -0.2) is 27.4 Å². The molecule has 0 fully saturated rings. The van der Waals surface area contributed by atoms with Crippen molar-refractivity contribution in [1.82, 2.24) is 10.0 Å². The van der Waals surface area contributed by atoms with Crippen molar-refractivity contribution in [3.63, 3.8) is 0 Å². The predicted octanol–water partition coefficient (Wildman–Crippen LogP) is 2.51. The molecular weight excluding hydrogens is 405 g/mol.